The molecular weight excluding hydrogens is 447 g/mol. The normalized spacial score (nSPS) is 11.0. The molecule has 4 rings (SSSR count). The van der Waals surface area contributed by atoms with Gasteiger partial charge in [-0.2, -0.15) is 0 Å². The Morgan fingerprint density at radius 1 is 0.931 bits per heavy atom. The number of thiophene rings is 2. The van der Waals surface area contributed by atoms with Gasteiger partial charge in [0.15, 0.2) is 0 Å². The number of esters is 1. The zero-order valence-corrected chi connectivity index (χ0v) is 18.8. The molecule has 0 N–H and O–H groups in total. The van der Waals surface area contributed by atoms with Crippen molar-refractivity contribution in [1.29, 1.82) is 0 Å². The fourth-order valence-electron chi connectivity index (χ4n) is 3.10. The summed E-state index contributed by atoms with van der Waals surface area (Å²) in [5.41, 5.74) is 3.37. The van der Waals surface area contributed by atoms with Crippen molar-refractivity contribution in [3.05, 3.63) is 63.5 Å². The Labute approximate surface area is 186 Å². The molecule has 7 heteroatoms. The lowest BCUT2D eigenvalue weighted by Crippen LogP contribution is -2.04. The van der Waals surface area contributed by atoms with Crippen LogP contribution in [0.25, 0.3) is 31.0 Å². The van der Waals surface area contributed by atoms with E-state index in [1.54, 1.807) is 25.4 Å². The third-order valence-electron chi connectivity index (χ3n) is 4.44. The van der Waals surface area contributed by atoms with Gasteiger partial charge in [0.25, 0.3) is 0 Å². The van der Waals surface area contributed by atoms with Gasteiger partial charge in [0.2, 0.25) is 0 Å². The lowest BCUT2D eigenvalue weighted by atomic mass is 10.1. The van der Waals surface area contributed by atoms with Gasteiger partial charge in [-0.15, -0.1) is 22.7 Å². The molecular formula is C22H16Cl2O3S2. The molecule has 0 amide bonds. The van der Waals surface area contributed by atoms with Crippen LogP contribution in [-0.4, -0.2) is 19.7 Å². The molecule has 2 aromatic carbocycles. The van der Waals surface area contributed by atoms with E-state index in [1.165, 1.54) is 11.3 Å². The van der Waals surface area contributed by atoms with E-state index in [1.807, 2.05) is 48.5 Å². The minimum absolute atomic E-state index is 0.307. The highest BCUT2D eigenvalue weighted by Crippen LogP contribution is 2.51. The fraction of sp³-hybridized carbons (Fsp3) is 0.136. The molecule has 0 fully saturated rings. The predicted octanol–water partition coefficient (Wildman–Crippen LogP) is 7.79. The van der Waals surface area contributed by atoms with Crippen LogP contribution in [0.1, 0.15) is 17.3 Å². The first-order valence-electron chi connectivity index (χ1n) is 8.85. The minimum atomic E-state index is -0.342. The van der Waals surface area contributed by atoms with E-state index in [0.29, 0.717) is 21.5 Å². The van der Waals surface area contributed by atoms with Crippen LogP contribution >= 0.6 is 45.9 Å². The Balaban J connectivity index is 1.96. The Hall–Kier alpha value is -2.05. The van der Waals surface area contributed by atoms with E-state index < -0.39 is 0 Å². The minimum Gasteiger partial charge on any atom is -0.497 e. The van der Waals surface area contributed by atoms with Gasteiger partial charge in [0.05, 0.1) is 33.6 Å². The average molecular weight is 463 g/mol. The van der Waals surface area contributed by atoms with E-state index in [0.717, 1.165) is 36.7 Å². The van der Waals surface area contributed by atoms with Crippen molar-refractivity contribution in [1.82, 2.24) is 0 Å². The number of hydrogen-bond donors (Lipinski definition) is 0. The molecule has 3 nitrogen and oxygen atoms in total. The van der Waals surface area contributed by atoms with Crippen molar-refractivity contribution >= 4 is 61.2 Å². The highest BCUT2D eigenvalue weighted by Gasteiger charge is 2.26. The molecule has 0 radical (unpaired) electrons. The van der Waals surface area contributed by atoms with Crippen LogP contribution in [0, 0.1) is 0 Å². The first kappa shape index (κ1) is 20.2. The summed E-state index contributed by atoms with van der Waals surface area (Å²) in [6, 6.07) is 15.2. The standard InChI is InChI=1S/C22H16Cl2O3S2/c1-3-27-22(25)17-18(13-6-10-15(26-2)11-7-13)28-19-16(21(24)29-20(17)19)12-4-8-14(23)9-5-12/h4-11H,3H2,1-2H3. The first-order chi connectivity index (χ1) is 14.0. The summed E-state index contributed by atoms with van der Waals surface area (Å²) in [5, 5.41) is 0.661. The van der Waals surface area contributed by atoms with Crippen LogP contribution in [0.2, 0.25) is 9.36 Å². The number of ether oxygens (including phenoxy) is 2. The monoisotopic (exact) mass is 462 g/mol. The topological polar surface area (TPSA) is 35.5 Å². The van der Waals surface area contributed by atoms with Gasteiger partial charge in [-0.25, -0.2) is 4.79 Å². The zero-order valence-electron chi connectivity index (χ0n) is 15.6. The molecule has 148 valence electrons. The zero-order chi connectivity index (χ0) is 20.5. The van der Waals surface area contributed by atoms with Crippen molar-refractivity contribution in [3.8, 4) is 27.3 Å². The van der Waals surface area contributed by atoms with E-state index in [2.05, 4.69) is 0 Å². The highest BCUT2D eigenvalue weighted by molar-refractivity contribution is 7.32. The Bertz CT molecular complexity index is 1180. The second-order valence-corrected chi connectivity index (χ2v) is 9.25. The van der Waals surface area contributed by atoms with Crippen molar-refractivity contribution in [2.75, 3.05) is 13.7 Å². The summed E-state index contributed by atoms with van der Waals surface area (Å²) >= 11 is 15.6. The lowest BCUT2D eigenvalue weighted by molar-refractivity contribution is 0.0530. The number of benzene rings is 2. The molecule has 0 unspecified atom stereocenters. The molecule has 0 bridgehead atoms. The number of rotatable bonds is 5. The largest absolute Gasteiger partial charge is 0.497 e. The maximum atomic E-state index is 12.8. The highest BCUT2D eigenvalue weighted by atomic mass is 35.5. The quantitative estimate of drug-likeness (QED) is 0.284. The predicted molar refractivity (Wildman–Crippen MR) is 123 cm³/mol. The van der Waals surface area contributed by atoms with E-state index >= 15 is 0 Å². The molecule has 0 saturated heterocycles. The molecule has 0 atom stereocenters. The maximum Gasteiger partial charge on any atom is 0.341 e. The number of carbonyl (C=O) groups is 1. The number of fused-ring (bicyclic) bond motifs is 1. The summed E-state index contributed by atoms with van der Waals surface area (Å²) in [5.74, 6) is 0.417. The third-order valence-corrected chi connectivity index (χ3v) is 7.50. The number of carbonyl (C=O) groups excluding carboxylic acids is 1. The Morgan fingerprint density at radius 3 is 2.21 bits per heavy atom. The van der Waals surface area contributed by atoms with Crippen molar-refractivity contribution in [2.24, 2.45) is 0 Å². The van der Waals surface area contributed by atoms with Crippen molar-refractivity contribution < 1.29 is 14.3 Å². The molecule has 2 heterocycles. The van der Waals surface area contributed by atoms with E-state index in [4.69, 9.17) is 32.7 Å². The van der Waals surface area contributed by atoms with Crippen LogP contribution in [0.5, 0.6) is 5.75 Å². The molecule has 0 aliphatic carbocycles. The van der Waals surface area contributed by atoms with Crippen LogP contribution in [0.15, 0.2) is 48.5 Å². The third kappa shape index (κ3) is 3.76. The van der Waals surface area contributed by atoms with Gasteiger partial charge >= 0.3 is 5.97 Å². The summed E-state index contributed by atoms with van der Waals surface area (Å²) in [6.07, 6.45) is 0. The number of hydrogen-bond acceptors (Lipinski definition) is 5. The molecule has 4 aromatic rings. The van der Waals surface area contributed by atoms with Crippen molar-refractivity contribution in [2.45, 2.75) is 6.92 Å². The summed E-state index contributed by atoms with van der Waals surface area (Å²) < 4.78 is 13.1. The van der Waals surface area contributed by atoms with Crippen molar-refractivity contribution in [3.63, 3.8) is 0 Å². The summed E-state index contributed by atoms with van der Waals surface area (Å²) in [4.78, 5) is 13.7. The lowest BCUT2D eigenvalue weighted by Gasteiger charge is -2.06. The molecule has 0 saturated carbocycles. The second-order valence-electron chi connectivity index (χ2n) is 6.17. The summed E-state index contributed by atoms with van der Waals surface area (Å²) in [7, 11) is 1.63. The van der Waals surface area contributed by atoms with Crippen LogP contribution in [0.3, 0.4) is 0 Å². The van der Waals surface area contributed by atoms with Gasteiger partial charge in [-0.1, -0.05) is 35.3 Å². The first-order valence-corrected chi connectivity index (χ1v) is 11.2. The van der Waals surface area contributed by atoms with Gasteiger partial charge in [-0.3, -0.25) is 0 Å². The second kappa shape index (κ2) is 8.36. The van der Waals surface area contributed by atoms with E-state index in [-0.39, 0.29) is 5.97 Å². The van der Waals surface area contributed by atoms with Gasteiger partial charge in [0.1, 0.15) is 10.1 Å². The number of methoxy groups -OCH3 is 1. The molecule has 0 aliphatic rings. The molecule has 0 spiro atoms. The van der Waals surface area contributed by atoms with Crippen LogP contribution in [-0.2, 0) is 4.74 Å². The molecule has 0 aliphatic heterocycles. The smallest absolute Gasteiger partial charge is 0.341 e. The average Bonchev–Trinajstić information content (AvgIpc) is 3.23. The van der Waals surface area contributed by atoms with Crippen LogP contribution < -0.4 is 4.74 Å². The summed E-state index contributed by atoms with van der Waals surface area (Å²) in [6.45, 7) is 2.11. The Kier molecular flexibility index (Phi) is 5.83. The van der Waals surface area contributed by atoms with E-state index in [9.17, 15) is 4.79 Å². The Morgan fingerprint density at radius 2 is 1.59 bits per heavy atom. The number of halogens is 2. The fourth-order valence-corrected chi connectivity index (χ4v) is 6.35. The molecule has 2 aromatic heterocycles. The molecule has 29 heavy (non-hydrogen) atoms. The van der Waals surface area contributed by atoms with Gasteiger partial charge in [0, 0.05) is 10.6 Å². The maximum absolute atomic E-state index is 12.8. The van der Waals surface area contributed by atoms with Gasteiger partial charge < -0.3 is 9.47 Å². The van der Waals surface area contributed by atoms with Crippen LogP contribution in [0.4, 0.5) is 0 Å². The SMILES string of the molecule is CCOC(=O)c1c(-c2ccc(OC)cc2)sc2c(-c3ccc(Cl)cc3)c(Cl)sc12. The van der Waals surface area contributed by atoms with Gasteiger partial charge in [-0.05, 0) is 54.4 Å².